The topological polar surface area (TPSA) is 26.3 Å². The van der Waals surface area contributed by atoms with Crippen molar-refractivity contribution in [2.75, 3.05) is 6.61 Å². The summed E-state index contributed by atoms with van der Waals surface area (Å²) in [6.45, 7) is 4.21. The minimum Gasteiger partial charge on any atom is -0.466 e. The van der Waals surface area contributed by atoms with Gasteiger partial charge in [-0.3, -0.25) is 4.79 Å². The van der Waals surface area contributed by atoms with Crippen molar-refractivity contribution in [3.63, 3.8) is 0 Å². The molecule has 0 amide bonds. The minimum atomic E-state index is -0.174. The zero-order valence-corrected chi connectivity index (χ0v) is 11.3. The molecule has 0 bridgehead atoms. The Kier molecular flexibility index (Phi) is 12.2. The minimum absolute atomic E-state index is 0.174. The van der Waals surface area contributed by atoms with Crippen LogP contribution in [0.25, 0.3) is 0 Å². The van der Waals surface area contributed by atoms with Crippen LogP contribution in [0.3, 0.4) is 0 Å². The van der Waals surface area contributed by atoms with Crippen molar-refractivity contribution in [1.82, 2.24) is 0 Å². The largest absolute Gasteiger partial charge is 0.466 e. The average Bonchev–Trinajstić information content (AvgIpc) is 2.30. The monoisotopic (exact) mass is 238 g/mol. The molecule has 0 saturated carbocycles. The molecule has 0 aromatic heterocycles. The highest BCUT2D eigenvalue weighted by Crippen LogP contribution is 2.04. The van der Waals surface area contributed by atoms with Crippen LogP contribution in [0.1, 0.15) is 58.8 Å². The van der Waals surface area contributed by atoms with Gasteiger partial charge in [-0.05, 0) is 25.7 Å². The Morgan fingerprint density at radius 2 is 1.65 bits per heavy atom. The van der Waals surface area contributed by atoms with Crippen LogP contribution in [0, 0.1) is 0 Å². The van der Waals surface area contributed by atoms with E-state index in [-0.39, 0.29) is 5.97 Å². The number of rotatable bonds is 10. The molecule has 0 aliphatic heterocycles. The maximum Gasteiger partial charge on any atom is 0.302 e. The van der Waals surface area contributed by atoms with Crippen molar-refractivity contribution in [2.45, 2.75) is 58.8 Å². The van der Waals surface area contributed by atoms with Gasteiger partial charge in [0.25, 0.3) is 0 Å². The van der Waals surface area contributed by atoms with Crippen LogP contribution in [0.15, 0.2) is 24.3 Å². The van der Waals surface area contributed by atoms with E-state index in [1.807, 2.05) is 0 Å². The zero-order valence-electron chi connectivity index (χ0n) is 11.3. The Balaban J connectivity index is 3.15. The number of allylic oxidation sites excluding steroid dienone is 4. The van der Waals surface area contributed by atoms with E-state index in [0.29, 0.717) is 6.61 Å². The first-order valence-electron chi connectivity index (χ1n) is 6.72. The van der Waals surface area contributed by atoms with Gasteiger partial charge in [-0.25, -0.2) is 0 Å². The van der Waals surface area contributed by atoms with Gasteiger partial charge in [0.15, 0.2) is 0 Å². The van der Waals surface area contributed by atoms with E-state index in [0.717, 1.165) is 19.3 Å². The van der Waals surface area contributed by atoms with Gasteiger partial charge < -0.3 is 4.74 Å². The summed E-state index contributed by atoms with van der Waals surface area (Å²) in [5, 5.41) is 0. The molecule has 2 nitrogen and oxygen atoms in total. The number of carbonyl (C=O) groups excluding carboxylic acids is 1. The molecule has 0 heterocycles. The first kappa shape index (κ1) is 16.0. The fourth-order valence-corrected chi connectivity index (χ4v) is 1.45. The lowest BCUT2D eigenvalue weighted by Crippen LogP contribution is -1.99. The van der Waals surface area contributed by atoms with Crippen LogP contribution >= 0.6 is 0 Å². The lowest BCUT2D eigenvalue weighted by Gasteiger charge is -2.00. The molecule has 0 saturated heterocycles. The molecule has 0 unspecified atom stereocenters. The Morgan fingerprint density at radius 3 is 2.29 bits per heavy atom. The first-order valence-corrected chi connectivity index (χ1v) is 6.72. The number of hydrogen-bond acceptors (Lipinski definition) is 2. The summed E-state index contributed by atoms with van der Waals surface area (Å²) < 4.78 is 4.86. The molecule has 0 aromatic rings. The van der Waals surface area contributed by atoms with Crippen LogP contribution in [0.5, 0.6) is 0 Å². The molecular weight excluding hydrogens is 212 g/mol. The smallest absolute Gasteiger partial charge is 0.302 e. The van der Waals surface area contributed by atoms with Crippen LogP contribution < -0.4 is 0 Å². The SMILES string of the molecule is CCCC=CC=CCCCCCCOC(C)=O. The summed E-state index contributed by atoms with van der Waals surface area (Å²) in [7, 11) is 0. The summed E-state index contributed by atoms with van der Waals surface area (Å²) in [6.07, 6.45) is 16.8. The van der Waals surface area contributed by atoms with Gasteiger partial charge >= 0.3 is 5.97 Å². The molecule has 0 atom stereocenters. The highest BCUT2D eigenvalue weighted by atomic mass is 16.5. The molecular formula is C15H26O2. The number of hydrogen-bond donors (Lipinski definition) is 0. The Labute approximate surface area is 106 Å². The standard InChI is InChI=1S/C15H26O2/c1-3-4-5-6-7-8-9-10-11-12-13-14-17-15(2)16/h5-8H,3-4,9-14H2,1-2H3. The third-order valence-electron chi connectivity index (χ3n) is 2.41. The Hall–Kier alpha value is -1.05. The maximum absolute atomic E-state index is 10.5. The molecule has 2 heteroatoms. The van der Waals surface area contributed by atoms with Crippen molar-refractivity contribution in [3.05, 3.63) is 24.3 Å². The fraction of sp³-hybridized carbons (Fsp3) is 0.667. The lowest BCUT2D eigenvalue weighted by atomic mass is 10.1. The summed E-state index contributed by atoms with van der Waals surface area (Å²) in [5.41, 5.74) is 0. The Morgan fingerprint density at radius 1 is 1.00 bits per heavy atom. The fourth-order valence-electron chi connectivity index (χ4n) is 1.45. The van der Waals surface area contributed by atoms with Crippen molar-refractivity contribution in [1.29, 1.82) is 0 Å². The summed E-state index contributed by atoms with van der Waals surface area (Å²) in [5.74, 6) is -0.174. The predicted molar refractivity (Wildman–Crippen MR) is 72.9 cm³/mol. The Bertz CT molecular complexity index is 229. The van der Waals surface area contributed by atoms with E-state index in [1.54, 1.807) is 0 Å². The predicted octanol–water partition coefficient (Wildman–Crippen LogP) is 4.41. The van der Waals surface area contributed by atoms with Gasteiger partial charge in [0, 0.05) is 6.92 Å². The molecule has 0 aliphatic carbocycles. The van der Waals surface area contributed by atoms with Crippen LogP contribution in [-0.4, -0.2) is 12.6 Å². The normalized spacial score (nSPS) is 11.4. The average molecular weight is 238 g/mol. The van der Waals surface area contributed by atoms with Gasteiger partial charge in [0.2, 0.25) is 0 Å². The third-order valence-corrected chi connectivity index (χ3v) is 2.41. The summed E-state index contributed by atoms with van der Waals surface area (Å²) >= 11 is 0. The molecule has 0 rings (SSSR count). The van der Waals surface area contributed by atoms with Gasteiger partial charge in [0.1, 0.15) is 0 Å². The van der Waals surface area contributed by atoms with Crippen LogP contribution in [0.4, 0.5) is 0 Å². The number of ether oxygens (including phenoxy) is 1. The van der Waals surface area contributed by atoms with Gasteiger partial charge in [-0.15, -0.1) is 0 Å². The molecule has 17 heavy (non-hydrogen) atoms. The molecule has 0 aromatic carbocycles. The van der Waals surface area contributed by atoms with Crippen molar-refractivity contribution < 1.29 is 9.53 Å². The van der Waals surface area contributed by atoms with Gasteiger partial charge in [0.05, 0.1) is 6.61 Å². The molecule has 98 valence electrons. The highest BCUT2D eigenvalue weighted by Gasteiger charge is 1.92. The van der Waals surface area contributed by atoms with Crippen LogP contribution in [-0.2, 0) is 9.53 Å². The van der Waals surface area contributed by atoms with E-state index in [1.165, 1.54) is 32.6 Å². The first-order chi connectivity index (χ1) is 8.27. The number of unbranched alkanes of at least 4 members (excludes halogenated alkanes) is 5. The van der Waals surface area contributed by atoms with Crippen molar-refractivity contribution in [2.24, 2.45) is 0 Å². The molecule has 0 spiro atoms. The zero-order chi connectivity index (χ0) is 12.8. The van der Waals surface area contributed by atoms with Crippen molar-refractivity contribution >= 4 is 5.97 Å². The quantitative estimate of drug-likeness (QED) is 0.320. The van der Waals surface area contributed by atoms with E-state index in [9.17, 15) is 4.79 Å². The maximum atomic E-state index is 10.5. The highest BCUT2D eigenvalue weighted by molar-refractivity contribution is 5.65. The lowest BCUT2D eigenvalue weighted by molar-refractivity contribution is -0.141. The van der Waals surface area contributed by atoms with Crippen molar-refractivity contribution in [3.8, 4) is 0 Å². The van der Waals surface area contributed by atoms with Crippen LogP contribution in [0.2, 0.25) is 0 Å². The summed E-state index contributed by atoms with van der Waals surface area (Å²) in [4.78, 5) is 10.5. The molecule has 0 fully saturated rings. The third kappa shape index (κ3) is 14.9. The number of esters is 1. The summed E-state index contributed by atoms with van der Waals surface area (Å²) in [6, 6.07) is 0. The molecule has 0 N–H and O–H groups in total. The molecule has 0 aliphatic rings. The van der Waals surface area contributed by atoms with Gasteiger partial charge in [-0.1, -0.05) is 50.5 Å². The van der Waals surface area contributed by atoms with Gasteiger partial charge in [-0.2, -0.15) is 0 Å². The van der Waals surface area contributed by atoms with E-state index < -0.39 is 0 Å². The van der Waals surface area contributed by atoms with E-state index in [4.69, 9.17) is 4.74 Å². The molecule has 0 radical (unpaired) electrons. The van der Waals surface area contributed by atoms with E-state index >= 15 is 0 Å². The second kappa shape index (κ2) is 13.0. The number of carbonyl (C=O) groups is 1. The van der Waals surface area contributed by atoms with E-state index in [2.05, 4.69) is 31.2 Å². The second-order valence-corrected chi connectivity index (χ2v) is 4.19. The second-order valence-electron chi connectivity index (χ2n) is 4.19.